The zero-order valence-corrected chi connectivity index (χ0v) is 13.2. The van der Waals surface area contributed by atoms with Crippen LogP contribution < -0.4 is 10.2 Å². The van der Waals surface area contributed by atoms with E-state index in [1.54, 1.807) is 0 Å². The zero-order valence-electron chi connectivity index (χ0n) is 13.2. The second-order valence-electron chi connectivity index (χ2n) is 6.44. The van der Waals surface area contributed by atoms with Crippen molar-refractivity contribution in [2.24, 2.45) is 5.92 Å². The zero-order chi connectivity index (χ0) is 15.5. The molecule has 118 valence electrons. The van der Waals surface area contributed by atoms with Crippen LogP contribution in [-0.2, 0) is 9.59 Å². The number of nitrogens with zero attached hydrogens (tertiary/aromatic N) is 1. The maximum atomic E-state index is 12.0. The summed E-state index contributed by atoms with van der Waals surface area (Å²) < 4.78 is 0. The van der Waals surface area contributed by atoms with E-state index in [0.717, 1.165) is 24.6 Å². The highest BCUT2D eigenvalue weighted by Gasteiger charge is 2.28. The third kappa shape index (κ3) is 3.16. The molecule has 0 aliphatic carbocycles. The first-order chi connectivity index (χ1) is 10.7. The van der Waals surface area contributed by atoms with Crippen molar-refractivity contribution in [2.75, 3.05) is 18.0 Å². The van der Waals surface area contributed by atoms with Gasteiger partial charge in [-0.15, -0.1) is 0 Å². The normalized spacial score (nSPS) is 23.5. The maximum Gasteiger partial charge on any atom is 0.234 e. The van der Waals surface area contributed by atoms with E-state index in [9.17, 15) is 9.59 Å². The first-order valence-electron chi connectivity index (χ1n) is 8.36. The lowest BCUT2D eigenvalue weighted by Crippen LogP contribution is -2.39. The standard InChI is InChI=1S/C18H24N2O2/c1-2-13-8-10-20(11-9-13)15-5-3-4-14(12-15)16-6-7-17(21)19-18(16)22/h3-5,12-13,16H,2,6-11H2,1H3,(H,19,21,22). The molecule has 1 atom stereocenters. The summed E-state index contributed by atoms with van der Waals surface area (Å²) in [6.45, 7) is 4.46. The Morgan fingerprint density at radius 3 is 2.64 bits per heavy atom. The summed E-state index contributed by atoms with van der Waals surface area (Å²) >= 11 is 0. The molecule has 2 heterocycles. The van der Waals surface area contributed by atoms with Gasteiger partial charge in [0.05, 0.1) is 5.92 Å². The molecule has 2 aliphatic rings. The summed E-state index contributed by atoms with van der Waals surface area (Å²) in [5, 5.41) is 2.45. The second kappa shape index (κ2) is 6.51. The Labute approximate surface area is 131 Å². The number of imide groups is 1. The van der Waals surface area contributed by atoms with E-state index < -0.39 is 0 Å². The molecule has 22 heavy (non-hydrogen) atoms. The number of anilines is 1. The summed E-state index contributed by atoms with van der Waals surface area (Å²) in [6.07, 6.45) is 4.82. The molecule has 0 saturated carbocycles. The number of carbonyl (C=O) groups is 2. The number of benzene rings is 1. The quantitative estimate of drug-likeness (QED) is 0.873. The Bertz CT molecular complexity index is 562. The number of hydrogen-bond acceptors (Lipinski definition) is 3. The van der Waals surface area contributed by atoms with Gasteiger partial charge in [-0.25, -0.2) is 0 Å². The number of carbonyl (C=O) groups excluding carboxylic acids is 2. The van der Waals surface area contributed by atoms with Crippen molar-refractivity contribution in [1.82, 2.24) is 5.32 Å². The van der Waals surface area contributed by atoms with E-state index >= 15 is 0 Å². The van der Waals surface area contributed by atoms with Gasteiger partial charge in [-0.2, -0.15) is 0 Å². The number of amides is 2. The van der Waals surface area contributed by atoms with Gasteiger partial charge >= 0.3 is 0 Å². The molecule has 1 N–H and O–H groups in total. The molecule has 0 spiro atoms. The number of rotatable bonds is 3. The van der Waals surface area contributed by atoms with E-state index in [-0.39, 0.29) is 17.7 Å². The average Bonchev–Trinajstić information content (AvgIpc) is 2.55. The van der Waals surface area contributed by atoms with E-state index in [4.69, 9.17) is 0 Å². The molecular weight excluding hydrogens is 276 g/mol. The van der Waals surface area contributed by atoms with E-state index in [0.29, 0.717) is 12.8 Å². The number of hydrogen-bond donors (Lipinski definition) is 1. The summed E-state index contributed by atoms with van der Waals surface area (Å²) in [6, 6.07) is 8.29. The van der Waals surface area contributed by atoms with Crippen LogP contribution in [0, 0.1) is 5.92 Å². The topological polar surface area (TPSA) is 49.4 Å². The largest absolute Gasteiger partial charge is 0.372 e. The molecule has 2 amide bonds. The van der Waals surface area contributed by atoms with Gasteiger partial charge in [-0.1, -0.05) is 25.5 Å². The van der Waals surface area contributed by atoms with Crippen LogP contribution in [0.15, 0.2) is 24.3 Å². The fourth-order valence-corrected chi connectivity index (χ4v) is 3.55. The molecule has 1 aromatic carbocycles. The van der Waals surface area contributed by atoms with Gasteiger partial charge in [-0.05, 0) is 42.9 Å². The average molecular weight is 300 g/mol. The van der Waals surface area contributed by atoms with Crippen LogP contribution in [-0.4, -0.2) is 24.9 Å². The molecule has 0 radical (unpaired) electrons. The molecule has 2 fully saturated rings. The summed E-state index contributed by atoms with van der Waals surface area (Å²) in [7, 11) is 0. The highest BCUT2D eigenvalue weighted by atomic mass is 16.2. The lowest BCUT2D eigenvalue weighted by atomic mass is 9.89. The minimum Gasteiger partial charge on any atom is -0.372 e. The van der Waals surface area contributed by atoms with Crippen molar-refractivity contribution in [1.29, 1.82) is 0 Å². The van der Waals surface area contributed by atoms with Gasteiger partial charge in [0.15, 0.2) is 0 Å². The monoisotopic (exact) mass is 300 g/mol. The molecular formula is C18H24N2O2. The fraction of sp³-hybridized carbons (Fsp3) is 0.556. The number of nitrogens with one attached hydrogen (secondary N) is 1. The molecule has 4 nitrogen and oxygen atoms in total. The lowest BCUT2D eigenvalue weighted by molar-refractivity contribution is -0.134. The lowest BCUT2D eigenvalue weighted by Gasteiger charge is -2.33. The predicted molar refractivity (Wildman–Crippen MR) is 86.8 cm³/mol. The van der Waals surface area contributed by atoms with Crippen molar-refractivity contribution < 1.29 is 9.59 Å². The molecule has 0 bridgehead atoms. The van der Waals surface area contributed by atoms with Crippen LogP contribution in [0.3, 0.4) is 0 Å². The van der Waals surface area contributed by atoms with Crippen LogP contribution in [0.2, 0.25) is 0 Å². The Hall–Kier alpha value is -1.84. The first-order valence-corrected chi connectivity index (χ1v) is 8.36. The molecule has 3 rings (SSSR count). The molecule has 1 aromatic rings. The maximum absolute atomic E-state index is 12.0. The van der Waals surface area contributed by atoms with Crippen LogP contribution in [0.5, 0.6) is 0 Å². The predicted octanol–water partition coefficient (Wildman–Crippen LogP) is 2.83. The highest BCUT2D eigenvalue weighted by Crippen LogP contribution is 2.30. The van der Waals surface area contributed by atoms with Crippen LogP contribution in [0.25, 0.3) is 0 Å². The Morgan fingerprint density at radius 1 is 1.18 bits per heavy atom. The molecule has 2 aliphatic heterocycles. The van der Waals surface area contributed by atoms with Gasteiger partial charge < -0.3 is 4.90 Å². The van der Waals surface area contributed by atoms with Gasteiger partial charge in [0.1, 0.15) is 0 Å². The van der Waals surface area contributed by atoms with Crippen molar-refractivity contribution in [3.8, 4) is 0 Å². The highest BCUT2D eigenvalue weighted by molar-refractivity contribution is 6.01. The molecule has 2 saturated heterocycles. The minimum atomic E-state index is -0.189. The van der Waals surface area contributed by atoms with E-state index in [2.05, 4.69) is 29.3 Å². The SMILES string of the molecule is CCC1CCN(c2cccc(C3CCC(=O)NC3=O)c2)CC1. The third-order valence-corrected chi connectivity index (χ3v) is 5.07. The Morgan fingerprint density at radius 2 is 1.95 bits per heavy atom. The van der Waals surface area contributed by atoms with Gasteiger partial charge in [-0.3, -0.25) is 14.9 Å². The minimum absolute atomic E-state index is 0.154. The van der Waals surface area contributed by atoms with Gasteiger partial charge in [0, 0.05) is 25.2 Å². The van der Waals surface area contributed by atoms with Crippen molar-refractivity contribution in [2.45, 2.75) is 44.9 Å². The fourth-order valence-electron chi connectivity index (χ4n) is 3.55. The molecule has 4 heteroatoms. The second-order valence-corrected chi connectivity index (χ2v) is 6.44. The molecule has 0 aromatic heterocycles. The Balaban J connectivity index is 1.73. The molecule has 1 unspecified atom stereocenters. The van der Waals surface area contributed by atoms with Crippen molar-refractivity contribution >= 4 is 17.5 Å². The van der Waals surface area contributed by atoms with Crippen LogP contribution in [0.4, 0.5) is 5.69 Å². The summed E-state index contributed by atoms with van der Waals surface area (Å²) in [5.41, 5.74) is 2.23. The smallest absolute Gasteiger partial charge is 0.234 e. The van der Waals surface area contributed by atoms with Crippen molar-refractivity contribution in [3.05, 3.63) is 29.8 Å². The van der Waals surface area contributed by atoms with Crippen LogP contribution in [0.1, 0.15) is 50.5 Å². The van der Waals surface area contributed by atoms with Crippen molar-refractivity contribution in [3.63, 3.8) is 0 Å². The number of piperidine rings is 2. The van der Waals surface area contributed by atoms with E-state index in [1.807, 2.05) is 12.1 Å². The third-order valence-electron chi connectivity index (χ3n) is 5.07. The van der Waals surface area contributed by atoms with Crippen LogP contribution >= 0.6 is 0 Å². The van der Waals surface area contributed by atoms with E-state index in [1.165, 1.54) is 24.9 Å². The Kier molecular flexibility index (Phi) is 4.46. The summed E-state index contributed by atoms with van der Waals surface area (Å²) in [4.78, 5) is 25.7. The van der Waals surface area contributed by atoms with Gasteiger partial charge in [0.2, 0.25) is 11.8 Å². The first kappa shape index (κ1) is 15.1. The van der Waals surface area contributed by atoms with Gasteiger partial charge in [0.25, 0.3) is 0 Å². The summed E-state index contributed by atoms with van der Waals surface area (Å²) in [5.74, 6) is 0.359.